The van der Waals surface area contributed by atoms with Crippen LogP contribution in [0.5, 0.6) is 5.75 Å². The molecular weight excluding hydrogens is 353 g/mol. The smallest absolute Gasteiger partial charge is 0.257 e. The van der Waals surface area contributed by atoms with Crippen LogP contribution in [0.1, 0.15) is 36.3 Å². The van der Waals surface area contributed by atoms with Crippen LogP contribution in [-0.4, -0.2) is 36.0 Å². The second-order valence-electron chi connectivity index (χ2n) is 7.09. The number of rotatable bonds is 5. The Bertz CT molecular complexity index is 770. The molecule has 2 aromatic rings. The van der Waals surface area contributed by atoms with Crippen LogP contribution in [0.2, 0.25) is 0 Å². The van der Waals surface area contributed by atoms with Gasteiger partial charge in [0.15, 0.2) is 16.7 Å². The number of aromatic nitrogens is 1. The average molecular weight is 377 g/mol. The maximum atomic E-state index is 13.8. The number of amides is 1. The molecule has 0 aliphatic carbocycles. The van der Waals surface area contributed by atoms with Gasteiger partial charge >= 0.3 is 0 Å². The van der Waals surface area contributed by atoms with Gasteiger partial charge in [-0.1, -0.05) is 13.8 Å². The third-order valence-corrected chi connectivity index (χ3v) is 5.32. The van der Waals surface area contributed by atoms with Gasteiger partial charge in [0, 0.05) is 30.6 Å². The zero-order valence-corrected chi connectivity index (χ0v) is 16.1. The number of carbonyl (C=O) groups is 1. The zero-order chi connectivity index (χ0) is 18.7. The maximum Gasteiger partial charge on any atom is 0.257 e. The number of carbonyl (C=O) groups excluding carboxylic acids is 1. The molecule has 2 atom stereocenters. The van der Waals surface area contributed by atoms with Crippen LogP contribution in [0.25, 0.3) is 0 Å². The molecule has 1 N–H and O–H groups in total. The second-order valence-corrected chi connectivity index (χ2v) is 7.95. The Morgan fingerprint density at radius 2 is 2.12 bits per heavy atom. The van der Waals surface area contributed by atoms with E-state index in [9.17, 15) is 9.18 Å². The topological polar surface area (TPSA) is 54.5 Å². The van der Waals surface area contributed by atoms with Gasteiger partial charge in [-0.3, -0.25) is 15.0 Å². The summed E-state index contributed by atoms with van der Waals surface area (Å²) >= 11 is 1.39. The molecule has 140 valence electrons. The standard InChI is InChI=1S/C19H24FN3O2S/c1-12-6-13(2)9-23(8-12)10-15-11-26-19(21-15)22-18(24)14-4-5-17(25-3)16(20)7-14/h4-5,7,11-13H,6,8-10H2,1-3H3,(H,21,22,24)/t12-,13-/m1/s1. The predicted molar refractivity (Wildman–Crippen MR) is 101 cm³/mol. The lowest BCUT2D eigenvalue weighted by molar-refractivity contribution is 0.102. The van der Waals surface area contributed by atoms with Gasteiger partial charge in [0.05, 0.1) is 12.8 Å². The largest absolute Gasteiger partial charge is 0.494 e. The van der Waals surface area contributed by atoms with Crippen molar-refractivity contribution in [1.29, 1.82) is 0 Å². The van der Waals surface area contributed by atoms with Crippen molar-refractivity contribution < 1.29 is 13.9 Å². The molecule has 0 bridgehead atoms. The molecule has 0 saturated carbocycles. The number of methoxy groups -OCH3 is 1. The summed E-state index contributed by atoms with van der Waals surface area (Å²) in [5.74, 6) is 0.562. The summed E-state index contributed by atoms with van der Waals surface area (Å²) in [4.78, 5) is 19.2. The summed E-state index contributed by atoms with van der Waals surface area (Å²) in [6.07, 6.45) is 1.27. The highest BCUT2D eigenvalue weighted by atomic mass is 32.1. The van der Waals surface area contributed by atoms with Crippen molar-refractivity contribution in [3.05, 3.63) is 40.7 Å². The zero-order valence-electron chi connectivity index (χ0n) is 15.3. The summed E-state index contributed by atoms with van der Waals surface area (Å²) < 4.78 is 18.6. The Morgan fingerprint density at radius 1 is 1.38 bits per heavy atom. The molecule has 5 nitrogen and oxygen atoms in total. The molecule has 0 spiro atoms. The van der Waals surface area contributed by atoms with Crippen LogP contribution in [0.3, 0.4) is 0 Å². The van der Waals surface area contributed by atoms with Gasteiger partial charge in [0.1, 0.15) is 0 Å². The Hall–Kier alpha value is -1.99. The number of halogens is 1. The maximum absolute atomic E-state index is 13.8. The van der Waals surface area contributed by atoms with Gasteiger partial charge in [-0.15, -0.1) is 11.3 Å². The first kappa shape index (κ1) is 18.8. The highest BCUT2D eigenvalue weighted by Gasteiger charge is 2.22. The number of nitrogens with one attached hydrogen (secondary N) is 1. The first-order chi connectivity index (χ1) is 12.4. The lowest BCUT2D eigenvalue weighted by Gasteiger charge is -2.34. The van der Waals surface area contributed by atoms with Gasteiger partial charge in [-0.05, 0) is 36.5 Å². The molecule has 1 aliphatic heterocycles. The van der Waals surface area contributed by atoms with E-state index in [1.807, 2.05) is 5.38 Å². The van der Waals surface area contributed by atoms with Crippen LogP contribution in [0.4, 0.5) is 9.52 Å². The van der Waals surface area contributed by atoms with Gasteiger partial charge < -0.3 is 4.74 Å². The fraction of sp³-hybridized carbons (Fsp3) is 0.474. The lowest BCUT2D eigenvalue weighted by atomic mass is 9.92. The minimum atomic E-state index is -0.562. The quantitative estimate of drug-likeness (QED) is 0.855. The second kappa shape index (κ2) is 8.14. The molecule has 7 heteroatoms. The molecule has 1 aromatic carbocycles. The molecular formula is C19H24FN3O2S. The molecule has 1 amide bonds. The fourth-order valence-corrected chi connectivity index (χ4v) is 4.26. The highest BCUT2D eigenvalue weighted by Crippen LogP contribution is 2.24. The summed E-state index contributed by atoms with van der Waals surface area (Å²) in [6.45, 7) is 7.51. The third-order valence-electron chi connectivity index (χ3n) is 4.52. The molecule has 26 heavy (non-hydrogen) atoms. The van der Waals surface area contributed by atoms with E-state index < -0.39 is 5.82 Å². The SMILES string of the molecule is COc1ccc(C(=O)Nc2nc(CN3C[C@H](C)C[C@@H](C)C3)cs2)cc1F. The van der Waals surface area contributed by atoms with E-state index in [1.54, 1.807) is 0 Å². The predicted octanol–water partition coefficient (Wildman–Crippen LogP) is 4.02. The number of ether oxygens (including phenoxy) is 1. The van der Waals surface area contributed by atoms with Crippen LogP contribution >= 0.6 is 11.3 Å². The van der Waals surface area contributed by atoms with Crippen molar-refractivity contribution in [2.24, 2.45) is 11.8 Å². The minimum absolute atomic E-state index is 0.114. The number of nitrogens with zero attached hydrogens (tertiary/aromatic N) is 2. The van der Waals surface area contributed by atoms with E-state index in [2.05, 4.69) is 29.0 Å². The molecule has 3 rings (SSSR count). The Balaban J connectivity index is 1.61. The van der Waals surface area contributed by atoms with E-state index in [1.165, 1.54) is 43.1 Å². The van der Waals surface area contributed by atoms with Crippen molar-refractivity contribution >= 4 is 22.4 Å². The van der Waals surface area contributed by atoms with Crippen molar-refractivity contribution in [3.63, 3.8) is 0 Å². The normalized spacial score (nSPS) is 20.8. The van der Waals surface area contributed by atoms with Crippen LogP contribution in [0.15, 0.2) is 23.6 Å². The Morgan fingerprint density at radius 3 is 2.77 bits per heavy atom. The molecule has 2 heterocycles. The van der Waals surface area contributed by atoms with E-state index in [0.29, 0.717) is 17.0 Å². The molecule has 1 aliphatic rings. The summed E-state index contributed by atoms with van der Waals surface area (Å²) in [6, 6.07) is 4.14. The molecule has 1 aromatic heterocycles. The molecule has 0 radical (unpaired) electrons. The van der Waals surface area contributed by atoms with Gasteiger partial charge in [0.2, 0.25) is 0 Å². The van der Waals surface area contributed by atoms with Crippen LogP contribution < -0.4 is 10.1 Å². The number of hydrogen-bond acceptors (Lipinski definition) is 5. The number of anilines is 1. The van der Waals surface area contributed by atoms with Crippen LogP contribution in [0, 0.1) is 17.7 Å². The highest BCUT2D eigenvalue weighted by molar-refractivity contribution is 7.13. The van der Waals surface area contributed by atoms with E-state index >= 15 is 0 Å². The van der Waals surface area contributed by atoms with Crippen molar-refractivity contribution in [2.75, 3.05) is 25.5 Å². The lowest BCUT2D eigenvalue weighted by Crippen LogP contribution is -2.38. The molecule has 0 unspecified atom stereocenters. The fourth-order valence-electron chi connectivity index (χ4n) is 3.56. The minimum Gasteiger partial charge on any atom is -0.494 e. The van der Waals surface area contributed by atoms with Gasteiger partial charge in [-0.2, -0.15) is 0 Å². The molecule has 1 fully saturated rings. The van der Waals surface area contributed by atoms with Crippen molar-refractivity contribution in [2.45, 2.75) is 26.8 Å². The number of likely N-dealkylation sites (tertiary alicyclic amines) is 1. The number of piperidine rings is 1. The number of hydrogen-bond donors (Lipinski definition) is 1. The summed E-state index contributed by atoms with van der Waals surface area (Å²) in [5, 5.41) is 5.23. The van der Waals surface area contributed by atoms with Crippen molar-refractivity contribution in [3.8, 4) is 5.75 Å². The Kier molecular flexibility index (Phi) is 5.88. The summed E-state index contributed by atoms with van der Waals surface area (Å²) in [5.41, 5.74) is 1.19. The van der Waals surface area contributed by atoms with Crippen LogP contribution in [-0.2, 0) is 6.54 Å². The van der Waals surface area contributed by atoms with E-state index in [0.717, 1.165) is 25.3 Å². The summed E-state index contributed by atoms with van der Waals surface area (Å²) in [7, 11) is 1.39. The van der Waals surface area contributed by atoms with Crippen molar-refractivity contribution in [1.82, 2.24) is 9.88 Å². The Labute approximate surface area is 157 Å². The average Bonchev–Trinajstić information content (AvgIpc) is 3.00. The monoisotopic (exact) mass is 377 g/mol. The third kappa shape index (κ3) is 4.59. The van der Waals surface area contributed by atoms with E-state index in [4.69, 9.17) is 4.74 Å². The van der Waals surface area contributed by atoms with Gasteiger partial charge in [-0.25, -0.2) is 9.37 Å². The number of thiazole rings is 1. The van der Waals surface area contributed by atoms with Gasteiger partial charge in [0.25, 0.3) is 5.91 Å². The van der Waals surface area contributed by atoms with E-state index in [-0.39, 0.29) is 17.2 Å². The molecule has 1 saturated heterocycles. The first-order valence-corrected chi connectivity index (χ1v) is 9.64. The number of benzene rings is 1. The first-order valence-electron chi connectivity index (χ1n) is 8.76.